The minimum atomic E-state index is -4.37. The van der Waals surface area contributed by atoms with Gasteiger partial charge >= 0.3 is 12.1 Å². The Kier molecular flexibility index (Phi) is 9.69. The number of aryl methyl sites for hydroxylation is 1. The molecule has 2 aromatic carbocycles. The number of nitrogens with zero attached hydrogens (tertiary/aromatic N) is 2. The molecule has 11 heteroatoms. The quantitative estimate of drug-likeness (QED) is 0.214. The van der Waals surface area contributed by atoms with E-state index in [-0.39, 0.29) is 6.61 Å². The average molecular weight is 567 g/mol. The fourth-order valence-corrected chi connectivity index (χ4v) is 6.05. The molecule has 0 aliphatic carbocycles. The molecule has 0 radical (unpaired) electrons. The molecule has 38 heavy (non-hydrogen) atoms. The molecule has 2 heterocycles. The van der Waals surface area contributed by atoms with E-state index >= 15 is 0 Å². The van der Waals surface area contributed by atoms with Crippen molar-refractivity contribution in [3.05, 3.63) is 64.2 Å². The molecule has 1 fully saturated rings. The van der Waals surface area contributed by atoms with Crippen LogP contribution in [0.3, 0.4) is 0 Å². The monoisotopic (exact) mass is 566 g/mol. The zero-order chi connectivity index (χ0) is 27.1. The molecule has 0 unspecified atom stereocenters. The minimum absolute atomic E-state index is 0.139. The van der Waals surface area contributed by atoms with Crippen LogP contribution in [0.15, 0.2) is 47.4 Å². The van der Waals surface area contributed by atoms with Crippen molar-refractivity contribution in [2.75, 3.05) is 39.5 Å². The summed E-state index contributed by atoms with van der Waals surface area (Å²) in [4.78, 5) is 20.8. The number of esters is 1. The van der Waals surface area contributed by atoms with Gasteiger partial charge in [-0.1, -0.05) is 12.1 Å². The Balaban J connectivity index is 1.49. The first-order valence-corrected chi connectivity index (χ1v) is 14.0. The number of hydrogen-bond acceptors (Lipinski definition) is 8. The van der Waals surface area contributed by atoms with Crippen LogP contribution in [0.1, 0.15) is 28.6 Å². The summed E-state index contributed by atoms with van der Waals surface area (Å²) >= 11 is 3.16. The zero-order valence-electron chi connectivity index (χ0n) is 21.2. The van der Waals surface area contributed by atoms with Crippen molar-refractivity contribution in [1.82, 2.24) is 9.88 Å². The third kappa shape index (κ3) is 7.72. The molecule has 204 valence electrons. The van der Waals surface area contributed by atoms with Crippen molar-refractivity contribution in [2.45, 2.75) is 37.2 Å². The Labute approximate surface area is 228 Å². The Bertz CT molecular complexity index is 1230. The summed E-state index contributed by atoms with van der Waals surface area (Å²) in [6.07, 6.45) is -4.37. The summed E-state index contributed by atoms with van der Waals surface area (Å²) in [6, 6.07) is 10.9. The van der Waals surface area contributed by atoms with Gasteiger partial charge in [0.05, 0.1) is 31.1 Å². The summed E-state index contributed by atoms with van der Waals surface area (Å²) in [7, 11) is 0. The Morgan fingerprint density at radius 2 is 1.89 bits per heavy atom. The molecule has 0 bridgehead atoms. The van der Waals surface area contributed by atoms with Crippen LogP contribution in [-0.4, -0.2) is 55.4 Å². The standard InChI is InChI=1S/C27H29F3N2O4S2/c1-3-35-25(33)16-36-23-9-8-21(14-18(23)2)37-17-24-22(15-32-10-12-34-13-11-32)31-26(38-24)19-4-6-20(7-5-19)27(28,29)30/h4-9,14H,3,10-13,15-17H2,1-2H3. The number of thioether (sulfide) groups is 1. The number of ether oxygens (including phenoxy) is 3. The Morgan fingerprint density at radius 1 is 1.16 bits per heavy atom. The molecule has 6 nitrogen and oxygen atoms in total. The predicted octanol–water partition coefficient (Wildman–Crippen LogP) is 6.20. The van der Waals surface area contributed by atoms with Crippen LogP contribution in [0.5, 0.6) is 5.75 Å². The maximum atomic E-state index is 13.0. The SMILES string of the molecule is CCOC(=O)COc1ccc(SCc2sc(-c3ccc(C(F)(F)F)cc3)nc2CN2CCOCC2)cc1C. The van der Waals surface area contributed by atoms with Crippen molar-refractivity contribution in [3.63, 3.8) is 0 Å². The van der Waals surface area contributed by atoms with Crippen molar-refractivity contribution in [1.29, 1.82) is 0 Å². The molecular formula is C27H29F3N2O4S2. The molecule has 0 spiro atoms. The maximum absolute atomic E-state index is 13.0. The smallest absolute Gasteiger partial charge is 0.416 e. The Morgan fingerprint density at radius 3 is 2.55 bits per heavy atom. The van der Waals surface area contributed by atoms with E-state index in [2.05, 4.69) is 4.90 Å². The van der Waals surface area contributed by atoms with Gasteiger partial charge in [-0.25, -0.2) is 9.78 Å². The number of morpholine rings is 1. The van der Waals surface area contributed by atoms with Gasteiger partial charge in [0.1, 0.15) is 10.8 Å². The highest BCUT2D eigenvalue weighted by Crippen LogP contribution is 2.36. The van der Waals surface area contributed by atoms with E-state index in [0.717, 1.165) is 46.3 Å². The highest BCUT2D eigenvalue weighted by atomic mass is 32.2. The summed E-state index contributed by atoms with van der Waals surface area (Å²) < 4.78 is 55.0. The van der Waals surface area contributed by atoms with Gasteiger partial charge in [-0.2, -0.15) is 13.2 Å². The molecule has 1 aliphatic heterocycles. The van der Waals surface area contributed by atoms with Gasteiger partial charge in [0.15, 0.2) is 6.61 Å². The fraction of sp³-hybridized carbons (Fsp3) is 0.407. The number of aromatic nitrogens is 1. The number of carbonyl (C=O) groups excluding carboxylic acids is 1. The van der Waals surface area contributed by atoms with Gasteiger partial charge in [-0.05, 0) is 49.7 Å². The number of hydrogen-bond donors (Lipinski definition) is 0. The van der Waals surface area contributed by atoms with Crippen molar-refractivity contribution in [2.24, 2.45) is 0 Å². The number of benzene rings is 2. The van der Waals surface area contributed by atoms with E-state index in [1.165, 1.54) is 23.5 Å². The van der Waals surface area contributed by atoms with E-state index in [4.69, 9.17) is 19.2 Å². The lowest BCUT2D eigenvalue weighted by Crippen LogP contribution is -2.35. The topological polar surface area (TPSA) is 60.9 Å². The maximum Gasteiger partial charge on any atom is 0.416 e. The average Bonchev–Trinajstić information content (AvgIpc) is 3.29. The molecule has 3 aromatic rings. The second-order valence-electron chi connectivity index (χ2n) is 8.66. The van der Waals surface area contributed by atoms with Crippen LogP contribution >= 0.6 is 23.1 Å². The first kappa shape index (κ1) is 28.4. The summed E-state index contributed by atoms with van der Waals surface area (Å²) in [5.41, 5.74) is 1.83. The molecule has 1 aromatic heterocycles. The van der Waals surface area contributed by atoms with E-state index in [0.29, 0.717) is 48.4 Å². The molecular weight excluding hydrogens is 537 g/mol. The van der Waals surface area contributed by atoms with Crippen LogP contribution in [0.25, 0.3) is 10.6 Å². The summed E-state index contributed by atoms with van der Waals surface area (Å²) in [5, 5.41) is 0.705. The van der Waals surface area contributed by atoms with Crippen molar-refractivity contribution < 1.29 is 32.2 Å². The summed E-state index contributed by atoms with van der Waals surface area (Å²) in [6.45, 7) is 7.46. The van der Waals surface area contributed by atoms with Gasteiger partial charge in [-0.3, -0.25) is 4.90 Å². The number of thiazole rings is 1. The molecule has 0 amide bonds. The van der Waals surface area contributed by atoms with E-state index in [1.807, 2.05) is 25.1 Å². The minimum Gasteiger partial charge on any atom is -0.482 e. The van der Waals surface area contributed by atoms with Gasteiger partial charge in [0.25, 0.3) is 0 Å². The molecule has 1 saturated heterocycles. The number of rotatable bonds is 10. The van der Waals surface area contributed by atoms with E-state index in [1.54, 1.807) is 18.7 Å². The highest BCUT2D eigenvalue weighted by Gasteiger charge is 2.30. The molecule has 0 atom stereocenters. The Hall–Kier alpha value is -2.60. The first-order valence-electron chi connectivity index (χ1n) is 12.2. The lowest BCUT2D eigenvalue weighted by Gasteiger charge is -2.26. The third-order valence-corrected chi connectivity index (χ3v) is 8.23. The van der Waals surface area contributed by atoms with Gasteiger partial charge in [0, 0.05) is 40.7 Å². The second-order valence-corrected chi connectivity index (χ2v) is 10.8. The number of carbonyl (C=O) groups is 1. The normalized spacial score (nSPS) is 14.4. The number of halogens is 3. The second kappa shape index (κ2) is 13.0. The van der Waals surface area contributed by atoms with Crippen LogP contribution < -0.4 is 4.74 Å². The first-order chi connectivity index (χ1) is 18.2. The van der Waals surface area contributed by atoms with Crippen molar-refractivity contribution >= 4 is 29.1 Å². The van der Waals surface area contributed by atoms with E-state index < -0.39 is 17.7 Å². The van der Waals surface area contributed by atoms with Crippen LogP contribution in [0.2, 0.25) is 0 Å². The van der Waals surface area contributed by atoms with Crippen LogP contribution in [-0.2, 0) is 32.7 Å². The van der Waals surface area contributed by atoms with Gasteiger partial charge in [0.2, 0.25) is 0 Å². The van der Waals surface area contributed by atoms with Gasteiger partial charge < -0.3 is 14.2 Å². The zero-order valence-corrected chi connectivity index (χ0v) is 22.8. The highest BCUT2D eigenvalue weighted by molar-refractivity contribution is 7.98. The lowest BCUT2D eigenvalue weighted by atomic mass is 10.1. The largest absolute Gasteiger partial charge is 0.482 e. The molecule has 0 saturated carbocycles. The van der Waals surface area contributed by atoms with E-state index in [9.17, 15) is 18.0 Å². The molecule has 0 N–H and O–H groups in total. The van der Waals surface area contributed by atoms with Crippen molar-refractivity contribution in [3.8, 4) is 16.3 Å². The fourth-order valence-electron chi connectivity index (χ4n) is 3.88. The van der Waals surface area contributed by atoms with Crippen LogP contribution in [0, 0.1) is 6.92 Å². The molecule has 4 rings (SSSR count). The van der Waals surface area contributed by atoms with Crippen LogP contribution in [0.4, 0.5) is 13.2 Å². The lowest BCUT2D eigenvalue weighted by molar-refractivity contribution is -0.145. The predicted molar refractivity (Wildman–Crippen MR) is 142 cm³/mol. The molecule has 1 aliphatic rings. The third-order valence-electron chi connectivity index (χ3n) is 5.88. The van der Waals surface area contributed by atoms with Gasteiger partial charge in [-0.15, -0.1) is 23.1 Å². The summed E-state index contributed by atoms with van der Waals surface area (Å²) in [5.74, 6) is 0.880. The number of alkyl halides is 3.